The normalized spacial score (nSPS) is 18.9. The summed E-state index contributed by atoms with van der Waals surface area (Å²) >= 11 is 0. The zero-order valence-electron chi connectivity index (χ0n) is 21.2. The second-order valence-corrected chi connectivity index (χ2v) is 9.91. The largest absolute Gasteiger partial charge is 0.334 e. The molecule has 2 bridgehead atoms. The van der Waals surface area contributed by atoms with E-state index < -0.39 is 0 Å². The number of hydrogen-bond acceptors (Lipinski definition) is 8. The first kappa shape index (κ1) is 24.0. The van der Waals surface area contributed by atoms with Crippen molar-refractivity contribution in [2.24, 2.45) is 0 Å². The van der Waals surface area contributed by atoms with Crippen LogP contribution >= 0.6 is 0 Å². The molecule has 2 unspecified atom stereocenters. The van der Waals surface area contributed by atoms with Gasteiger partial charge in [0.05, 0.1) is 5.69 Å². The first-order chi connectivity index (χ1) is 18.4. The predicted molar refractivity (Wildman–Crippen MR) is 141 cm³/mol. The average molecular weight is 514 g/mol. The van der Waals surface area contributed by atoms with E-state index in [1.165, 1.54) is 12.1 Å². The molecule has 3 aliphatic rings. The lowest BCUT2D eigenvalue weighted by Crippen LogP contribution is -2.58. The van der Waals surface area contributed by atoms with Gasteiger partial charge in [0, 0.05) is 54.3 Å². The molecule has 38 heavy (non-hydrogen) atoms. The molecule has 6 heterocycles. The summed E-state index contributed by atoms with van der Waals surface area (Å²) < 4.78 is 13.2. The minimum Gasteiger partial charge on any atom is -0.334 e. The van der Waals surface area contributed by atoms with Crippen LogP contribution in [0, 0.1) is 19.7 Å². The summed E-state index contributed by atoms with van der Waals surface area (Å²) in [5.74, 6) is 1.61. The fraction of sp³-hybridized carbons (Fsp3) is 0.333. The topological polar surface area (TPSA) is 116 Å². The summed E-state index contributed by atoms with van der Waals surface area (Å²) in [6.07, 6.45) is 2.88. The van der Waals surface area contributed by atoms with E-state index in [2.05, 4.69) is 30.6 Å². The Labute approximate surface area is 219 Å². The Hall–Kier alpha value is -4.41. The van der Waals surface area contributed by atoms with E-state index in [1.54, 1.807) is 24.3 Å². The van der Waals surface area contributed by atoms with E-state index >= 15 is 0 Å². The highest BCUT2D eigenvalue weighted by atomic mass is 19.1. The SMILES string of the molecule is Cc1cc(Nc2cc(C)[nH]n2)nc(N2CC3CCCC2CN3C(=O)c2ccc(-c3ccc(F)cc3)nn2)n1. The number of anilines is 3. The van der Waals surface area contributed by atoms with E-state index in [9.17, 15) is 9.18 Å². The predicted octanol–water partition coefficient (Wildman–Crippen LogP) is 4.04. The number of benzene rings is 1. The van der Waals surface area contributed by atoms with E-state index in [0.29, 0.717) is 42.1 Å². The van der Waals surface area contributed by atoms with Gasteiger partial charge in [0.15, 0.2) is 11.5 Å². The Kier molecular flexibility index (Phi) is 6.18. The third-order valence-corrected chi connectivity index (χ3v) is 7.12. The van der Waals surface area contributed by atoms with Crippen LogP contribution in [0.1, 0.15) is 41.1 Å². The Morgan fingerprint density at radius 1 is 0.974 bits per heavy atom. The number of rotatable bonds is 5. The van der Waals surface area contributed by atoms with Gasteiger partial charge in [-0.05, 0) is 69.5 Å². The lowest BCUT2D eigenvalue weighted by molar-refractivity contribution is 0.0630. The van der Waals surface area contributed by atoms with Crippen molar-refractivity contribution in [3.05, 3.63) is 71.4 Å². The number of nitrogens with zero attached hydrogens (tertiary/aromatic N) is 7. The maximum atomic E-state index is 13.5. The lowest BCUT2D eigenvalue weighted by Gasteiger charge is -2.43. The summed E-state index contributed by atoms with van der Waals surface area (Å²) in [4.78, 5) is 27.2. The molecule has 1 aromatic carbocycles. The zero-order chi connectivity index (χ0) is 26.2. The molecule has 0 aliphatic carbocycles. The van der Waals surface area contributed by atoms with Gasteiger partial charge in [0.25, 0.3) is 5.91 Å². The van der Waals surface area contributed by atoms with Crippen LogP contribution in [-0.2, 0) is 0 Å². The van der Waals surface area contributed by atoms with Crippen LogP contribution < -0.4 is 10.2 Å². The molecule has 1 amide bonds. The average Bonchev–Trinajstić information content (AvgIpc) is 3.10. The fourth-order valence-electron chi connectivity index (χ4n) is 5.25. The first-order valence-corrected chi connectivity index (χ1v) is 12.7. The lowest BCUT2D eigenvalue weighted by atomic mass is 10.1. The molecular weight excluding hydrogens is 485 g/mol. The van der Waals surface area contributed by atoms with Crippen molar-refractivity contribution in [2.45, 2.75) is 45.2 Å². The zero-order valence-corrected chi connectivity index (χ0v) is 21.2. The molecule has 3 fully saturated rings. The Bertz CT molecular complexity index is 1450. The van der Waals surface area contributed by atoms with Crippen LogP contribution in [0.2, 0.25) is 0 Å². The third kappa shape index (κ3) is 4.79. The highest BCUT2D eigenvalue weighted by Gasteiger charge is 2.40. The standard InChI is InChI=1S/C27H28FN9O/c1-16-12-24(30-25-13-17(2)32-35-25)31-27(29-16)37-15-20-4-3-5-21(37)14-36(20)26(38)23-11-10-22(33-34-23)18-6-8-19(28)9-7-18/h6-13,20-21H,3-5,14-15H2,1-2H3,(H2,29,30,31,32,35). The quantitative estimate of drug-likeness (QED) is 0.411. The molecule has 2 N–H and O–H groups in total. The molecule has 4 aromatic rings. The van der Waals surface area contributed by atoms with E-state index in [1.807, 2.05) is 30.9 Å². The third-order valence-electron chi connectivity index (χ3n) is 7.12. The van der Waals surface area contributed by atoms with E-state index in [-0.39, 0.29) is 23.8 Å². The molecule has 0 radical (unpaired) electrons. The van der Waals surface area contributed by atoms with Gasteiger partial charge in [-0.15, -0.1) is 10.2 Å². The van der Waals surface area contributed by atoms with Crippen LogP contribution in [0.3, 0.4) is 0 Å². The number of aromatic amines is 1. The van der Waals surface area contributed by atoms with Crippen LogP contribution in [0.5, 0.6) is 0 Å². The molecule has 2 atom stereocenters. The highest BCUT2D eigenvalue weighted by Crippen LogP contribution is 2.32. The van der Waals surface area contributed by atoms with Crippen molar-refractivity contribution in [1.82, 2.24) is 35.3 Å². The molecule has 194 valence electrons. The number of H-pyrrole nitrogens is 1. The molecule has 3 aromatic heterocycles. The first-order valence-electron chi connectivity index (χ1n) is 12.7. The van der Waals surface area contributed by atoms with Crippen molar-refractivity contribution >= 4 is 23.5 Å². The number of halogens is 1. The summed E-state index contributed by atoms with van der Waals surface area (Å²) in [6.45, 7) is 5.12. The molecule has 11 heteroatoms. The van der Waals surface area contributed by atoms with Gasteiger partial charge in [-0.1, -0.05) is 0 Å². The molecule has 7 rings (SSSR count). The molecule has 0 saturated carbocycles. The summed E-state index contributed by atoms with van der Waals surface area (Å²) in [5.41, 5.74) is 3.47. The molecule has 0 spiro atoms. The monoisotopic (exact) mass is 513 g/mol. The van der Waals surface area contributed by atoms with E-state index in [0.717, 1.165) is 36.2 Å². The fourth-order valence-corrected chi connectivity index (χ4v) is 5.25. The van der Waals surface area contributed by atoms with E-state index in [4.69, 9.17) is 9.97 Å². The number of amides is 1. The minimum absolute atomic E-state index is 0.0225. The number of fused-ring (bicyclic) bond motifs is 4. The number of carbonyl (C=O) groups is 1. The Morgan fingerprint density at radius 2 is 1.79 bits per heavy atom. The molecular formula is C27H28FN9O. The number of nitrogens with one attached hydrogen (secondary N) is 2. The van der Waals surface area contributed by atoms with Crippen molar-refractivity contribution in [2.75, 3.05) is 23.3 Å². The van der Waals surface area contributed by atoms with Crippen LogP contribution in [0.15, 0.2) is 48.5 Å². The second-order valence-electron chi connectivity index (χ2n) is 9.91. The van der Waals surface area contributed by atoms with Gasteiger partial charge >= 0.3 is 0 Å². The number of aromatic nitrogens is 6. The van der Waals surface area contributed by atoms with Crippen molar-refractivity contribution < 1.29 is 9.18 Å². The Balaban J connectivity index is 1.20. The van der Waals surface area contributed by atoms with Crippen molar-refractivity contribution in [3.8, 4) is 11.3 Å². The number of aryl methyl sites for hydroxylation is 2. The highest BCUT2D eigenvalue weighted by molar-refractivity contribution is 5.93. The maximum Gasteiger partial charge on any atom is 0.274 e. The number of hydrogen-bond donors (Lipinski definition) is 2. The Morgan fingerprint density at radius 3 is 2.53 bits per heavy atom. The van der Waals surface area contributed by atoms with Gasteiger partial charge in [0.1, 0.15) is 11.6 Å². The van der Waals surface area contributed by atoms with Crippen LogP contribution in [-0.4, -0.2) is 66.3 Å². The summed E-state index contributed by atoms with van der Waals surface area (Å²) in [6, 6.07) is 13.4. The molecule has 10 nitrogen and oxygen atoms in total. The molecule has 3 aliphatic heterocycles. The number of carbonyl (C=O) groups excluding carboxylic acids is 1. The maximum absolute atomic E-state index is 13.5. The summed E-state index contributed by atoms with van der Waals surface area (Å²) in [7, 11) is 0. The van der Waals surface area contributed by atoms with Crippen molar-refractivity contribution in [3.63, 3.8) is 0 Å². The second kappa shape index (κ2) is 9.81. The van der Waals surface area contributed by atoms with Gasteiger partial charge in [-0.25, -0.2) is 9.37 Å². The minimum atomic E-state index is -0.310. The van der Waals surface area contributed by atoms with Gasteiger partial charge in [-0.2, -0.15) is 10.1 Å². The smallest absolute Gasteiger partial charge is 0.274 e. The van der Waals surface area contributed by atoms with Crippen LogP contribution in [0.25, 0.3) is 11.3 Å². The van der Waals surface area contributed by atoms with Crippen LogP contribution in [0.4, 0.5) is 22.0 Å². The van der Waals surface area contributed by atoms with Crippen molar-refractivity contribution in [1.29, 1.82) is 0 Å². The number of piperazine rings is 1. The van der Waals surface area contributed by atoms with Gasteiger partial charge in [0.2, 0.25) is 5.95 Å². The summed E-state index contributed by atoms with van der Waals surface area (Å²) in [5, 5.41) is 18.9. The molecule has 3 saturated heterocycles. The van der Waals surface area contributed by atoms with Gasteiger partial charge < -0.3 is 15.1 Å². The van der Waals surface area contributed by atoms with Gasteiger partial charge in [-0.3, -0.25) is 9.89 Å².